The first-order chi connectivity index (χ1) is 10.4. The average Bonchev–Trinajstić information content (AvgIpc) is 2.52. The molecule has 1 aromatic rings. The highest BCUT2D eigenvalue weighted by molar-refractivity contribution is 7.88. The van der Waals surface area contributed by atoms with Crippen LogP contribution in [0, 0.1) is 0 Å². The number of hydrogen-bond acceptors (Lipinski definition) is 4. The molecule has 0 aliphatic carbocycles. The molecule has 3 rings (SSSR count). The van der Waals surface area contributed by atoms with Gasteiger partial charge in [0.15, 0.2) is 0 Å². The largest absolute Gasteiger partial charge is 0.497 e. The van der Waals surface area contributed by atoms with Gasteiger partial charge in [-0.15, -0.1) is 12.4 Å². The van der Waals surface area contributed by atoms with Crippen LogP contribution in [0.2, 0.25) is 0 Å². The molecule has 2 atom stereocenters. The summed E-state index contributed by atoms with van der Waals surface area (Å²) < 4.78 is 30.5. The van der Waals surface area contributed by atoms with Crippen molar-refractivity contribution in [2.45, 2.75) is 31.3 Å². The molecular formula is C16H25ClN2O3S. The highest BCUT2D eigenvalue weighted by Gasteiger charge is 2.36. The van der Waals surface area contributed by atoms with Crippen molar-refractivity contribution in [3.05, 3.63) is 29.3 Å². The van der Waals surface area contributed by atoms with E-state index in [2.05, 4.69) is 17.0 Å². The van der Waals surface area contributed by atoms with Crippen LogP contribution in [0.1, 0.15) is 30.0 Å². The van der Waals surface area contributed by atoms with Crippen molar-refractivity contribution in [2.24, 2.45) is 0 Å². The minimum Gasteiger partial charge on any atom is -0.497 e. The van der Waals surface area contributed by atoms with Gasteiger partial charge in [0.25, 0.3) is 0 Å². The fraction of sp³-hybridized carbons (Fsp3) is 0.625. The molecule has 1 saturated heterocycles. The molecule has 7 heteroatoms. The number of rotatable bonds is 3. The van der Waals surface area contributed by atoms with Crippen molar-refractivity contribution >= 4 is 22.4 Å². The third-order valence-electron chi connectivity index (χ3n) is 5.10. The number of methoxy groups -OCH3 is 1. The van der Waals surface area contributed by atoms with Crippen molar-refractivity contribution in [1.29, 1.82) is 0 Å². The summed E-state index contributed by atoms with van der Waals surface area (Å²) in [4.78, 5) is 2.49. The summed E-state index contributed by atoms with van der Waals surface area (Å²) in [5, 5.41) is 0. The maximum absolute atomic E-state index is 11.8. The van der Waals surface area contributed by atoms with Gasteiger partial charge in [-0.2, -0.15) is 0 Å². The Morgan fingerprint density at radius 3 is 2.70 bits per heavy atom. The van der Waals surface area contributed by atoms with Crippen LogP contribution in [0.15, 0.2) is 18.2 Å². The van der Waals surface area contributed by atoms with E-state index in [1.165, 1.54) is 17.4 Å². The van der Waals surface area contributed by atoms with Crippen LogP contribution >= 0.6 is 12.4 Å². The summed E-state index contributed by atoms with van der Waals surface area (Å²) in [6, 6.07) is 6.68. The number of fused-ring (bicyclic) bond motifs is 3. The molecule has 2 aliphatic rings. The second-order valence-electron chi connectivity index (χ2n) is 6.32. The third-order valence-corrected chi connectivity index (χ3v) is 6.44. The molecule has 2 aliphatic heterocycles. The Kier molecular flexibility index (Phi) is 5.61. The molecule has 0 spiro atoms. The summed E-state index contributed by atoms with van der Waals surface area (Å²) in [6.07, 6.45) is 4.10. The smallest absolute Gasteiger partial charge is 0.211 e. The second kappa shape index (κ2) is 6.97. The van der Waals surface area contributed by atoms with Crippen LogP contribution in [0.5, 0.6) is 5.75 Å². The lowest BCUT2D eigenvalue weighted by molar-refractivity contribution is 0.0971. The highest BCUT2D eigenvalue weighted by atomic mass is 35.5. The van der Waals surface area contributed by atoms with Crippen LogP contribution in [0.4, 0.5) is 0 Å². The Balaban J connectivity index is 0.00000192. The lowest BCUT2D eigenvalue weighted by Crippen LogP contribution is -2.48. The predicted molar refractivity (Wildman–Crippen MR) is 93.9 cm³/mol. The summed E-state index contributed by atoms with van der Waals surface area (Å²) >= 11 is 0. The molecule has 0 unspecified atom stereocenters. The van der Waals surface area contributed by atoms with Crippen molar-refractivity contribution < 1.29 is 13.2 Å². The Morgan fingerprint density at radius 1 is 1.30 bits per heavy atom. The number of piperidine rings is 1. The first-order valence-electron chi connectivity index (χ1n) is 7.74. The number of hydrogen-bond donors (Lipinski definition) is 0. The van der Waals surface area contributed by atoms with E-state index in [4.69, 9.17) is 4.74 Å². The van der Waals surface area contributed by atoms with E-state index in [9.17, 15) is 8.42 Å². The van der Waals surface area contributed by atoms with Crippen molar-refractivity contribution in [1.82, 2.24) is 9.21 Å². The Hall–Kier alpha value is -0.820. The molecule has 0 radical (unpaired) electrons. The summed E-state index contributed by atoms with van der Waals surface area (Å²) in [6.45, 7) is 2.00. The van der Waals surface area contributed by atoms with Crippen LogP contribution in [-0.4, -0.2) is 57.2 Å². The Bertz CT molecular complexity index is 665. The first-order valence-corrected chi connectivity index (χ1v) is 9.59. The monoisotopic (exact) mass is 360 g/mol. The van der Waals surface area contributed by atoms with Crippen LogP contribution < -0.4 is 4.74 Å². The molecule has 130 valence electrons. The maximum atomic E-state index is 11.8. The highest BCUT2D eigenvalue weighted by Crippen LogP contribution is 2.39. The van der Waals surface area contributed by atoms with Gasteiger partial charge in [-0.3, -0.25) is 4.90 Å². The predicted octanol–water partition coefficient (Wildman–Crippen LogP) is 2.07. The first kappa shape index (κ1) is 18.5. The Labute approximate surface area is 145 Å². The molecular weight excluding hydrogens is 336 g/mol. The van der Waals surface area contributed by atoms with Gasteiger partial charge in [0.1, 0.15) is 5.75 Å². The van der Waals surface area contributed by atoms with E-state index in [0.29, 0.717) is 6.04 Å². The van der Waals surface area contributed by atoms with Gasteiger partial charge in [-0.1, -0.05) is 6.07 Å². The molecule has 0 aromatic heterocycles. The summed E-state index contributed by atoms with van der Waals surface area (Å²) in [5.41, 5.74) is 2.67. The minimum atomic E-state index is -3.13. The van der Waals surface area contributed by atoms with Crippen molar-refractivity contribution in [3.8, 4) is 5.75 Å². The molecule has 0 N–H and O–H groups in total. The fourth-order valence-corrected chi connectivity index (χ4v) is 4.44. The van der Waals surface area contributed by atoms with Gasteiger partial charge >= 0.3 is 0 Å². The summed E-state index contributed by atoms with van der Waals surface area (Å²) in [5.74, 6) is 0.896. The van der Waals surface area contributed by atoms with Crippen molar-refractivity contribution in [3.63, 3.8) is 0 Å². The average molecular weight is 361 g/mol. The zero-order valence-corrected chi connectivity index (χ0v) is 15.5. The zero-order chi connectivity index (χ0) is 15.9. The van der Waals surface area contributed by atoms with E-state index in [0.717, 1.165) is 38.1 Å². The van der Waals surface area contributed by atoms with Crippen molar-refractivity contribution in [2.75, 3.05) is 33.5 Å². The van der Waals surface area contributed by atoms with Crippen LogP contribution in [-0.2, 0) is 16.4 Å². The van der Waals surface area contributed by atoms with Crippen LogP contribution in [0.3, 0.4) is 0 Å². The number of ether oxygens (including phenoxy) is 1. The molecule has 0 bridgehead atoms. The minimum absolute atomic E-state index is 0. The number of halogens is 1. The third kappa shape index (κ3) is 3.65. The Morgan fingerprint density at radius 2 is 2.04 bits per heavy atom. The van der Waals surface area contributed by atoms with Crippen LogP contribution in [0.25, 0.3) is 0 Å². The SMILES string of the molecule is COc1ccc2c(c1)CCN1CC[C@@H](N(C)S(C)(=O)=O)C[C@@H]21.Cl. The summed E-state index contributed by atoms with van der Waals surface area (Å²) in [7, 11) is 0.257. The lowest BCUT2D eigenvalue weighted by Gasteiger charge is -2.45. The van der Waals surface area contributed by atoms with Gasteiger partial charge in [0.05, 0.1) is 13.4 Å². The van der Waals surface area contributed by atoms with Gasteiger partial charge < -0.3 is 4.74 Å². The lowest BCUT2D eigenvalue weighted by atomic mass is 9.85. The van der Waals surface area contributed by atoms with E-state index in [1.54, 1.807) is 18.5 Å². The molecule has 5 nitrogen and oxygen atoms in total. The van der Waals surface area contributed by atoms with E-state index in [1.807, 2.05) is 6.07 Å². The van der Waals surface area contributed by atoms with Gasteiger partial charge in [-0.25, -0.2) is 12.7 Å². The molecule has 23 heavy (non-hydrogen) atoms. The molecule has 1 aromatic carbocycles. The van der Waals surface area contributed by atoms with Gasteiger partial charge in [-0.05, 0) is 42.5 Å². The number of sulfonamides is 1. The quantitative estimate of drug-likeness (QED) is 0.828. The zero-order valence-electron chi connectivity index (χ0n) is 13.9. The van der Waals surface area contributed by atoms with Gasteiger partial charge in [0.2, 0.25) is 10.0 Å². The number of benzene rings is 1. The van der Waals surface area contributed by atoms with E-state index < -0.39 is 10.0 Å². The normalized spacial score (nSPS) is 24.5. The van der Waals surface area contributed by atoms with E-state index >= 15 is 0 Å². The molecule has 0 amide bonds. The second-order valence-corrected chi connectivity index (χ2v) is 8.37. The molecule has 1 fully saturated rings. The number of nitrogens with zero attached hydrogens (tertiary/aromatic N) is 2. The van der Waals surface area contributed by atoms with E-state index in [-0.39, 0.29) is 18.4 Å². The topological polar surface area (TPSA) is 49.9 Å². The molecule has 0 saturated carbocycles. The standard InChI is InChI=1S/C16H24N2O3S.ClH/c1-17(22(3,19)20)13-7-9-18-8-6-12-10-14(21-2)4-5-15(12)16(18)11-13;/h4-5,10,13,16H,6-9,11H2,1-3H3;1H/t13-,16+;/m1./s1. The fourth-order valence-electron chi connectivity index (χ4n) is 3.70. The maximum Gasteiger partial charge on any atom is 0.211 e. The molecule has 2 heterocycles. The van der Waals surface area contributed by atoms with Gasteiger partial charge in [0, 0.05) is 32.2 Å².